The highest BCUT2D eigenvalue weighted by Gasteiger charge is 2.29. The number of carbonyl (C=O) groups is 2. The van der Waals surface area contributed by atoms with E-state index in [9.17, 15) is 9.59 Å². The van der Waals surface area contributed by atoms with Gasteiger partial charge in [0.1, 0.15) is 0 Å². The molecule has 1 unspecified atom stereocenters. The minimum Gasteiger partial charge on any atom is -0.352 e. The third-order valence-electron chi connectivity index (χ3n) is 4.47. The third kappa shape index (κ3) is 4.83. The van der Waals surface area contributed by atoms with Crippen molar-refractivity contribution >= 4 is 23.4 Å². The first kappa shape index (κ1) is 17.5. The summed E-state index contributed by atoms with van der Waals surface area (Å²) in [7, 11) is 0. The number of likely N-dealkylation sites (tertiary alicyclic amines) is 1. The quantitative estimate of drug-likeness (QED) is 0.864. The van der Waals surface area contributed by atoms with Crippen molar-refractivity contribution in [3.63, 3.8) is 0 Å². The van der Waals surface area contributed by atoms with Crippen molar-refractivity contribution in [1.82, 2.24) is 10.2 Å². The van der Waals surface area contributed by atoms with E-state index in [0.29, 0.717) is 30.1 Å². The summed E-state index contributed by atoms with van der Waals surface area (Å²) in [5.74, 6) is 0.202. The Kier molecular flexibility index (Phi) is 5.71. The van der Waals surface area contributed by atoms with Crippen LogP contribution in [0.3, 0.4) is 0 Å². The lowest BCUT2D eigenvalue weighted by molar-refractivity contribution is -0.127. The molecule has 25 heavy (non-hydrogen) atoms. The zero-order valence-electron chi connectivity index (χ0n) is 14.0. The minimum atomic E-state index is -0.133. The standard InChI is InChI=1S/C20H21ClN2O2/c21-18-8-6-17(7-9-18)20(25)22-13-16-12-19(24)23(14-16)11-10-15-4-2-1-3-5-15/h1-9,16H,10-14H2,(H,22,25). The van der Waals surface area contributed by atoms with Crippen molar-refractivity contribution in [3.8, 4) is 0 Å². The van der Waals surface area contributed by atoms with Gasteiger partial charge >= 0.3 is 0 Å². The van der Waals surface area contributed by atoms with Crippen molar-refractivity contribution in [2.75, 3.05) is 19.6 Å². The van der Waals surface area contributed by atoms with Crippen molar-refractivity contribution in [2.24, 2.45) is 5.92 Å². The molecule has 1 fully saturated rings. The lowest BCUT2D eigenvalue weighted by atomic mass is 10.1. The first-order valence-corrected chi connectivity index (χ1v) is 8.85. The summed E-state index contributed by atoms with van der Waals surface area (Å²) in [4.78, 5) is 26.2. The zero-order valence-corrected chi connectivity index (χ0v) is 14.7. The first-order chi connectivity index (χ1) is 12.1. The Hall–Kier alpha value is -2.33. The van der Waals surface area contributed by atoms with Gasteiger partial charge in [0.15, 0.2) is 0 Å². The number of nitrogens with one attached hydrogen (secondary N) is 1. The van der Waals surface area contributed by atoms with Gasteiger partial charge in [-0.05, 0) is 36.2 Å². The van der Waals surface area contributed by atoms with E-state index in [1.807, 2.05) is 23.1 Å². The molecule has 3 rings (SSSR count). The van der Waals surface area contributed by atoms with Gasteiger partial charge in [0.05, 0.1) is 0 Å². The normalized spacial score (nSPS) is 16.9. The molecule has 1 saturated heterocycles. The topological polar surface area (TPSA) is 49.4 Å². The largest absolute Gasteiger partial charge is 0.352 e. The Balaban J connectivity index is 1.46. The molecule has 1 aliphatic rings. The van der Waals surface area contributed by atoms with E-state index in [-0.39, 0.29) is 17.7 Å². The molecule has 130 valence electrons. The lowest BCUT2D eigenvalue weighted by Crippen LogP contribution is -2.32. The third-order valence-corrected chi connectivity index (χ3v) is 4.72. The van der Waals surface area contributed by atoms with Crippen LogP contribution in [-0.4, -0.2) is 36.3 Å². The fourth-order valence-corrected chi connectivity index (χ4v) is 3.18. The van der Waals surface area contributed by atoms with E-state index in [2.05, 4.69) is 17.4 Å². The lowest BCUT2D eigenvalue weighted by Gasteiger charge is -2.17. The zero-order chi connectivity index (χ0) is 17.6. The average Bonchev–Trinajstić information content (AvgIpc) is 2.99. The maximum absolute atomic E-state index is 12.2. The summed E-state index contributed by atoms with van der Waals surface area (Å²) < 4.78 is 0. The number of hydrogen-bond donors (Lipinski definition) is 1. The van der Waals surface area contributed by atoms with Gasteiger partial charge in [-0.2, -0.15) is 0 Å². The highest BCUT2D eigenvalue weighted by atomic mass is 35.5. The molecule has 2 aromatic carbocycles. The number of amides is 2. The molecule has 0 bridgehead atoms. The predicted molar refractivity (Wildman–Crippen MR) is 98.6 cm³/mol. The SMILES string of the molecule is O=C(NCC1CC(=O)N(CCc2ccccc2)C1)c1ccc(Cl)cc1. The van der Waals surface area contributed by atoms with Crippen LogP contribution >= 0.6 is 11.6 Å². The van der Waals surface area contributed by atoms with E-state index in [0.717, 1.165) is 13.0 Å². The minimum absolute atomic E-state index is 0.133. The molecular weight excluding hydrogens is 336 g/mol. The van der Waals surface area contributed by atoms with Crippen LogP contribution in [0.2, 0.25) is 5.02 Å². The van der Waals surface area contributed by atoms with Gasteiger partial charge in [-0.25, -0.2) is 0 Å². The van der Waals surface area contributed by atoms with Crippen molar-refractivity contribution in [3.05, 3.63) is 70.7 Å². The molecule has 0 saturated carbocycles. The van der Waals surface area contributed by atoms with Crippen LogP contribution < -0.4 is 5.32 Å². The first-order valence-electron chi connectivity index (χ1n) is 8.47. The summed E-state index contributed by atoms with van der Waals surface area (Å²) in [5, 5.41) is 3.52. The van der Waals surface area contributed by atoms with Crippen LogP contribution in [0.25, 0.3) is 0 Å². The Morgan fingerprint density at radius 2 is 1.84 bits per heavy atom. The fraction of sp³-hybridized carbons (Fsp3) is 0.300. The molecule has 1 atom stereocenters. The number of rotatable bonds is 6. The number of nitrogens with zero attached hydrogens (tertiary/aromatic N) is 1. The molecule has 0 radical (unpaired) electrons. The summed E-state index contributed by atoms with van der Waals surface area (Å²) in [6.45, 7) is 1.94. The second kappa shape index (κ2) is 8.17. The molecule has 0 aromatic heterocycles. The Labute approximate surface area is 152 Å². The second-order valence-electron chi connectivity index (χ2n) is 6.36. The Morgan fingerprint density at radius 3 is 2.56 bits per heavy atom. The second-order valence-corrected chi connectivity index (χ2v) is 6.80. The highest BCUT2D eigenvalue weighted by molar-refractivity contribution is 6.30. The maximum atomic E-state index is 12.2. The van der Waals surface area contributed by atoms with Crippen molar-refractivity contribution < 1.29 is 9.59 Å². The van der Waals surface area contributed by atoms with Gasteiger partial charge in [-0.1, -0.05) is 41.9 Å². The van der Waals surface area contributed by atoms with Crippen LogP contribution in [0.5, 0.6) is 0 Å². The number of carbonyl (C=O) groups excluding carboxylic acids is 2. The Morgan fingerprint density at radius 1 is 1.12 bits per heavy atom. The molecular formula is C20H21ClN2O2. The molecule has 1 N–H and O–H groups in total. The van der Waals surface area contributed by atoms with Crippen LogP contribution in [0.1, 0.15) is 22.3 Å². The predicted octanol–water partition coefficient (Wildman–Crippen LogP) is 3.16. The van der Waals surface area contributed by atoms with Gasteiger partial charge in [-0.3, -0.25) is 9.59 Å². The van der Waals surface area contributed by atoms with Crippen LogP contribution in [0, 0.1) is 5.92 Å². The molecule has 5 heteroatoms. The number of halogens is 1. The monoisotopic (exact) mass is 356 g/mol. The number of benzene rings is 2. The molecule has 2 amide bonds. The van der Waals surface area contributed by atoms with E-state index < -0.39 is 0 Å². The van der Waals surface area contributed by atoms with Gasteiger partial charge in [-0.15, -0.1) is 0 Å². The van der Waals surface area contributed by atoms with Gasteiger partial charge in [0.2, 0.25) is 5.91 Å². The van der Waals surface area contributed by atoms with E-state index in [1.165, 1.54) is 5.56 Å². The smallest absolute Gasteiger partial charge is 0.251 e. The fourth-order valence-electron chi connectivity index (χ4n) is 3.06. The summed E-state index contributed by atoms with van der Waals surface area (Å²) in [5.41, 5.74) is 1.81. The van der Waals surface area contributed by atoms with Crippen molar-refractivity contribution in [1.29, 1.82) is 0 Å². The van der Waals surface area contributed by atoms with Gasteiger partial charge < -0.3 is 10.2 Å². The van der Waals surface area contributed by atoms with Crippen LogP contribution in [-0.2, 0) is 11.2 Å². The summed E-state index contributed by atoms with van der Waals surface area (Å²) >= 11 is 5.83. The molecule has 4 nitrogen and oxygen atoms in total. The molecule has 1 aliphatic heterocycles. The molecule has 2 aromatic rings. The van der Waals surface area contributed by atoms with E-state index in [4.69, 9.17) is 11.6 Å². The summed E-state index contributed by atoms with van der Waals surface area (Å²) in [6.07, 6.45) is 1.35. The van der Waals surface area contributed by atoms with Crippen molar-refractivity contribution in [2.45, 2.75) is 12.8 Å². The molecule has 0 spiro atoms. The van der Waals surface area contributed by atoms with E-state index in [1.54, 1.807) is 24.3 Å². The van der Waals surface area contributed by atoms with Gasteiger partial charge in [0.25, 0.3) is 5.91 Å². The molecule has 0 aliphatic carbocycles. The van der Waals surface area contributed by atoms with Crippen LogP contribution in [0.15, 0.2) is 54.6 Å². The van der Waals surface area contributed by atoms with Gasteiger partial charge in [0, 0.05) is 42.6 Å². The molecule has 1 heterocycles. The maximum Gasteiger partial charge on any atom is 0.251 e. The highest BCUT2D eigenvalue weighted by Crippen LogP contribution is 2.18. The van der Waals surface area contributed by atoms with E-state index >= 15 is 0 Å². The Bertz CT molecular complexity index is 731. The number of hydrogen-bond acceptors (Lipinski definition) is 2. The average molecular weight is 357 g/mol. The van der Waals surface area contributed by atoms with Crippen LogP contribution in [0.4, 0.5) is 0 Å². The summed E-state index contributed by atoms with van der Waals surface area (Å²) in [6, 6.07) is 16.9.